The summed E-state index contributed by atoms with van der Waals surface area (Å²) in [6.07, 6.45) is 5.30. The Morgan fingerprint density at radius 1 is 1.25 bits per heavy atom. The van der Waals surface area contributed by atoms with Gasteiger partial charge in [0.2, 0.25) is 11.8 Å². The highest BCUT2D eigenvalue weighted by Crippen LogP contribution is 2.24. The van der Waals surface area contributed by atoms with E-state index in [0.29, 0.717) is 23.1 Å². The Labute approximate surface area is 139 Å². The van der Waals surface area contributed by atoms with Crippen molar-refractivity contribution in [2.45, 2.75) is 38.1 Å². The second kappa shape index (κ2) is 7.57. The van der Waals surface area contributed by atoms with Gasteiger partial charge in [-0.2, -0.15) is 0 Å². The van der Waals surface area contributed by atoms with Gasteiger partial charge in [-0.05, 0) is 55.9 Å². The van der Waals surface area contributed by atoms with Crippen LogP contribution in [0.3, 0.4) is 0 Å². The summed E-state index contributed by atoms with van der Waals surface area (Å²) in [5, 5.41) is 12.2. The zero-order chi connectivity index (χ0) is 16.9. The zero-order valence-corrected chi connectivity index (χ0v) is 13.4. The van der Waals surface area contributed by atoms with Gasteiger partial charge in [-0.15, -0.1) is 0 Å². The van der Waals surface area contributed by atoms with Crippen molar-refractivity contribution in [3.05, 3.63) is 42.0 Å². The normalized spacial score (nSPS) is 20.8. The summed E-state index contributed by atoms with van der Waals surface area (Å²) < 4.78 is 18.3. The van der Waals surface area contributed by atoms with Gasteiger partial charge < -0.3 is 14.8 Å². The molecule has 1 saturated carbocycles. The molecule has 1 heterocycles. The third-order valence-corrected chi connectivity index (χ3v) is 4.45. The van der Waals surface area contributed by atoms with E-state index in [2.05, 4.69) is 10.3 Å². The lowest BCUT2D eigenvalue weighted by Gasteiger charge is -2.27. The van der Waals surface area contributed by atoms with E-state index in [0.717, 1.165) is 25.7 Å². The predicted octanol–water partition coefficient (Wildman–Crippen LogP) is 2.69. The van der Waals surface area contributed by atoms with Crippen molar-refractivity contribution in [1.29, 1.82) is 0 Å². The highest BCUT2D eigenvalue weighted by Gasteiger charge is 2.22. The van der Waals surface area contributed by atoms with E-state index in [1.54, 1.807) is 12.1 Å². The number of amides is 1. The molecule has 1 amide bonds. The van der Waals surface area contributed by atoms with E-state index in [-0.39, 0.29) is 30.8 Å². The first-order valence-electron chi connectivity index (χ1n) is 8.24. The molecule has 6 heteroatoms. The van der Waals surface area contributed by atoms with Crippen molar-refractivity contribution in [2.75, 3.05) is 6.61 Å². The lowest BCUT2D eigenvalue weighted by Crippen LogP contribution is -2.38. The molecular weight excluding hydrogens is 311 g/mol. The molecule has 1 aromatic heterocycles. The average molecular weight is 332 g/mol. The van der Waals surface area contributed by atoms with Gasteiger partial charge in [-0.25, -0.2) is 9.37 Å². The standard InChI is InChI=1S/C18H21FN2O3/c19-14-5-3-13(4-6-14)18-21-16(11-24-18)9-17(23)20-15-7-1-12(10-22)2-8-15/h3-6,11-12,15,22H,1-2,7-10H2,(H,20,23). The smallest absolute Gasteiger partial charge is 0.226 e. The van der Waals surface area contributed by atoms with Gasteiger partial charge in [0.25, 0.3) is 0 Å². The Balaban J connectivity index is 1.53. The zero-order valence-electron chi connectivity index (χ0n) is 13.4. The molecule has 2 N–H and O–H groups in total. The molecule has 0 atom stereocenters. The first-order chi connectivity index (χ1) is 11.6. The van der Waals surface area contributed by atoms with Crippen LogP contribution in [0, 0.1) is 11.7 Å². The fourth-order valence-electron chi connectivity index (χ4n) is 3.05. The number of rotatable bonds is 5. The minimum atomic E-state index is -0.319. The topological polar surface area (TPSA) is 75.4 Å². The van der Waals surface area contributed by atoms with Crippen molar-refractivity contribution < 1.29 is 18.7 Å². The van der Waals surface area contributed by atoms with Gasteiger partial charge in [0.05, 0.1) is 12.1 Å². The molecule has 1 aliphatic carbocycles. The summed E-state index contributed by atoms with van der Waals surface area (Å²) in [6.45, 7) is 0.228. The van der Waals surface area contributed by atoms with Gasteiger partial charge in [0, 0.05) is 18.2 Å². The molecule has 128 valence electrons. The average Bonchev–Trinajstić information content (AvgIpc) is 3.04. The molecule has 1 aromatic carbocycles. The number of nitrogens with zero attached hydrogens (tertiary/aromatic N) is 1. The van der Waals surface area contributed by atoms with Crippen LogP contribution in [0.1, 0.15) is 31.4 Å². The summed E-state index contributed by atoms with van der Waals surface area (Å²) in [7, 11) is 0. The second-order valence-corrected chi connectivity index (χ2v) is 6.30. The van der Waals surface area contributed by atoms with Crippen LogP contribution in [0.2, 0.25) is 0 Å². The van der Waals surface area contributed by atoms with Crippen molar-refractivity contribution in [3.8, 4) is 11.5 Å². The van der Waals surface area contributed by atoms with Crippen LogP contribution in [0.25, 0.3) is 11.5 Å². The maximum absolute atomic E-state index is 12.9. The highest BCUT2D eigenvalue weighted by molar-refractivity contribution is 5.78. The number of benzene rings is 1. The summed E-state index contributed by atoms with van der Waals surface area (Å²) >= 11 is 0. The molecular formula is C18H21FN2O3. The monoisotopic (exact) mass is 332 g/mol. The number of halogens is 1. The molecule has 1 fully saturated rings. The Bertz CT molecular complexity index is 676. The Morgan fingerprint density at radius 2 is 1.96 bits per heavy atom. The fraction of sp³-hybridized carbons (Fsp3) is 0.444. The Hall–Kier alpha value is -2.21. The molecule has 2 aromatic rings. The number of aliphatic hydroxyl groups excluding tert-OH is 1. The number of carbonyl (C=O) groups excluding carboxylic acids is 1. The summed E-state index contributed by atoms with van der Waals surface area (Å²) in [4.78, 5) is 16.4. The summed E-state index contributed by atoms with van der Waals surface area (Å²) in [6, 6.07) is 6.03. The van der Waals surface area contributed by atoms with Crippen LogP contribution in [-0.2, 0) is 11.2 Å². The fourth-order valence-corrected chi connectivity index (χ4v) is 3.05. The maximum Gasteiger partial charge on any atom is 0.226 e. The van der Waals surface area contributed by atoms with E-state index >= 15 is 0 Å². The third kappa shape index (κ3) is 4.20. The highest BCUT2D eigenvalue weighted by atomic mass is 19.1. The van der Waals surface area contributed by atoms with Crippen molar-refractivity contribution in [2.24, 2.45) is 5.92 Å². The van der Waals surface area contributed by atoms with Crippen molar-refractivity contribution in [1.82, 2.24) is 10.3 Å². The SMILES string of the molecule is O=C(Cc1coc(-c2ccc(F)cc2)n1)NC1CCC(CO)CC1. The van der Waals surface area contributed by atoms with E-state index in [1.165, 1.54) is 18.4 Å². The number of nitrogens with one attached hydrogen (secondary N) is 1. The Kier molecular flexibility index (Phi) is 5.25. The van der Waals surface area contributed by atoms with Crippen LogP contribution in [-0.4, -0.2) is 28.6 Å². The minimum absolute atomic E-state index is 0.0820. The van der Waals surface area contributed by atoms with E-state index < -0.39 is 0 Å². The first-order valence-corrected chi connectivity index (χ1v) is 8.24. The van der Waals surface area contributed by atoms with E-state index in [4.69, 9.17) is 9.52 Å². The number of hydrogen-bond acceptors (Lipinski definition) is 4. The predicted molar refractivity (Wildman–Crippen MR) is 86.6 cm³/mol. The van der Waals surface area contributed by atoms with E-state index in [1.807, 2.05) is 0 Å². The van der Waals surface area contributed by atoms with Crippen LogP contribution >= 0.6 is 0 Å². The number of carbonyl (C=O) groups is 1. The molecule has 0 radical (unpaired) electrons. The van der Waals surface area contributed by atoms with Gasteiger partial charge in [-0.1, -0.05) is 0 Å². The lowest BCUT2D eigenvalue weighted by atomic mass is 9.86. The van der Waals surface area contributed by atoms with Gasteiger partial charge in [0.15, 0.2) is 0 Å². The Morgan fingerprint density at radius 3 is 2.62 bits per heavy atom. The molecule has 0 spiro atoms. The number of aromatic nitrogens is 1. The molecule has 1 aliphatic rings. The number of oxazole rings is 1. The lowest BCUT2D eigenvalue weighted by molar-refractivity contribution is -0.121. The van der Waals surface area contributed by atoms with Crippen LogP contribution in [0.4, 0.5) is 4.39 Å². The van der Waals surface area contributed by atoms with Gasteiger partial charge in [-0.3, -0.25) is 4.79 Å². The molecule has 0 unspecified atom stereocenters. The first kappa shape index (κ1) is 16.6. The molecule has 5 nitrogen and oxygen atoms in total. The van der Waals surface area contributed by atoms with Crippen molar-refractivity contribution >= 4 is 5.91 Å². The van der Waals surface area contributed by atoms with Gasteiger partial charge >= 0.3 is 0 Å². The second-order valence-electron chi connectivity index (χ2n) is 6.30. The largest absolute Gasteiger partial charge is 0.444 e. The quantitative estimate of drug-likeness (QED) is 0.883. The third-order valence-electron chi connectivity index (χ3n) is 4.45. The summed E-state index contributed by atoms with van der Waals surface area (Å²) in [5.74, 6) is 0.343. The molecule has 3 rings (SSSR count). The van der Waals surface area contributed by atoms with E-state index in [9.17, 15) is 9.18 Å². The van der Waals surface area contributed by atoms with Crippen molar-refractivity contribution in [3.63, 3.8) is 0 Å². The molecule has 0 aliphatic heterocycles. The maximum atomic E-state index is 12.9. The summed E-state index contributed by atoms with van der Waals surface area (Å²) in [5.41, 5.74) is 1.22. The van der Waals surface area contributed by atoms with Crippen LogP contribution < -0.4 is 5.32 Å². The number of hydrogen-bond donors (Lipinski definition) is 2. The van der Waals surface area contributed by atoms with Crippen LogP contribution in [0.5, 0.6) is 0 Å². The molecule has 0 bridgehead atoms. The molecule has 0 saturated heterocycles. The number of aliphatic hydroxyl groups is 1. The van der Waals surface area contributed by atoms with Gasteiger partial charge in [0.1, 0.15) is 12.1 Å². The minimum Gasteiger partial charge on any atom is -0.444 e. The molecule has 24 heavy (non-hydrogen) atoms. The van der Waals surface area contributed by atoms with Crippen LogP contribution in [0.15, 0.2) is 34.9 Å².